The molecule has 0 aromatic heterocycles. The molecule has 0 amide bonds. The van der Waals surface area contributed by atoms with Crippen molar-refractivity contribution in [1.82, 2.24) is 10.6 Å². The van der Waals surface area contributed by atoms with Crippen molar-refractivity contribution in [3.8, 4) is 5.75 Å². The van der Waals surface area contributed by atoms with E-state index in [9.17, 15) is 0 Å². The van der Waals surface area contributed by atoms with Gasteiger partial charge in [-0.1, -0.05) is 30.4 Å². The smallest absolute Gasteiger partial charge is 0.191 e. The Bertz CT molecular complexity index is 474. The van der Waals surface area contributed by atoms with Gasteiger partial charge in [0.1, 0.15) is 12.4 Å². The molecule has 1 aromatic rings. The van der Waals surface area contributed by atoms with Crippen LogP contribution in [0.15, 0.2) is 41.4 Å². The Morgan fingerprint density at radius 1 is 1.30 bits per heavy atom. The Kier molecular flexibility index (Phi) is 5.47. The summed E-state index contributed by atoms with van der Waals surface area (Å²) in [4.78, 5) is 4.22. The fourth-order valence-corrected chi connectivity index (χ4v) is 2.17. The number of ether oxygens (including phenoxy) is 1. The van der Waals surface area contributed by atoms with Gasteiger partial charge in [0, 0.05) is 13.1 Å². The second-order valence-electron chi connectivity index (χ2n) is 4.90. The molecule has 4 nitrogen and oxygen atoms in total. The molecule has 0 spiro atoms. The molecule has 0 heterocycles. The van der Waals surface area contributed by atoms with Crippen LogP contribution in [0, 0.1) is 6.92 Å². The largest absolute Gasteiger partial charge is 0.491 e. The molecular weight excluding hydrogens is 250 g/mol. The Balaban J connectivity index is 1.68. The number of benzene rings is 1. The van der Waals surface area contributed by atoms with Gasteiger partial charge >= 0.3 is 0 Å². The standard InChI is InChI=1S/C16H23N3O/c1-13-7-3-6-10-15(13)20-12-11-18-16(17-2)19-14-8-4-5-9-14/h3-7,10,14H,8-9,11-12H2,1-2H3,(H2,17,18,19). The summed E-state index contributed by atoms with van der Waals surface area (Å²) >= 11 is 0. The van der Waals surface area contributed by atoms with Crippen LogP contribution in [0.1, 0.15) is 18.4 Å². The van der Waals surface area contributed by atoms with Crippen LogP contribution in [0.3, 0.4) is 0 Å². The van der Waals surface area contributed by atoms with Gasteiger partial charge in [-0.2, -0.15) is 0 Å². The number of hydrogen-bond acceptors (Lipinski definition) is 2. The lowest BCUT2D eigenvalue weighted by atomic mass is 10.2. The lowest BCUT2D eigenvalue weighted by Gasteiger charge is -2.17. The van der Waals surface area contributed by atoms with Gasteiger partial charge in [-0.15, -0.1) is 0 Å². The quantitative estimate of drug-likeness (QED) is 0.374. The van der Waals surface area contributed by atoms with Crippen molar-refractivity contribution < 1.29 is 4.74 Å². The van der Waals surface area contributed by atoms with Crippen LogP contribution in [0.25, 0.3) is 0 Å². The van der Waals surface area contributed by atoms with Gasteiger partial charge in [0.2, 0.25) is 0 Å². The van der Waals surface area contributed by atoms with Gasteiger partial charge in [0.25, 0.3) is 0 Å². The summed E-state index contributed by atoms with van der Waals surface area (Å²) in [5.41, 5.74) is 1.16. The van der Waals surface area contributed by atoms with E-state index >= 15 is 0 Å². The predicted molar refractivity (Wildman–Crippen MR) is 83.3 cm³/mol. The van der Waals surface area contributed by atoms with Gasteiger partial charge in [0.05, 0.1) is 6.54 Å². The number of aryl methyl sites for hydroxylation is 1. The number of aliphatic imine (C=N–C) groups is 1. The minimum Gasteiger partial charge on any atom is -0.491 e. The molecule has 2 rings (SSSR count). The van der Waals surface area contributed by atoms with Gasteiger partial charge in [-0.3, -0.25) is 4.99 Å². The molecule has 0 aliphatic heterocycles. The van der Waals surface area contributed by atoms with Crippen LogP contribution in [0.4, 0.5) is 0 Å². The zero-order chi connectivity index (χ0) is 14.2. The number of nitrogens with zero attached hydrogens (tertiary/aromatic N) is 1. The van der Waals surface area contributed by atoms with Gasteiger partial charge in [0.15, 0.2) is 5.96 Å². The van der Waals surface area contributed by atoms with Crippen molar-refractivity contribution in [1.29, 1.82) is 0 Å². The maximum Gasteiger partial charge on any atom is 0.191 e. The van der Waals surface area contributed by atoms with Crippen molar-refractivity contribution in [2.75, 3.05) is 20.2 Å². The Morgan fingerprint density at radius 2 is 2.05 bits per heavy atom. The zero-order valence-corrected chi connectivity index (χ0v) is 12.2. The van der Waals surface area contributed by atoms with E-state index < -0.39 is 0 Å². The van der Waals surface area contributed by atoms with Crippen molar-refractivity contribution in [3.63, 3.8) is 0 Å². The van der Waals surface area contributed by atoms with E-state index in [1.165, 1.54) is 0 Å². The molecule has 1 aliphatic carbocycles. The summed E-state index contributed by atoms with van der Waals surface area (Å²) in [5, 5.41) is 6.67. The molecule has 0 atom stereocenters. The summed E-state index contributed by atoms with van der Waals surface area (Å²) < 4.78 is 5.74. The number of hydrogen-bond donors (Lipinski definition) is 2. The lowest BCUT2D eigenvalue weighted by Crippen LogP contribution is -2.43. The van der Waals surface area contributed by atoms with E-state index in [1.807, 2.05) is 18.2 Å². The summed E-state index contributed by atoms with van der Waals surface area (Å²) in [6.45, 7) is 3.40. The summed E-state index contributed by atoms with van der Waals surface area (Å²) in [6.07, 6.45) is 6.54. The molecule has 0 fully saturated rings. The highest BCUT2D eigenvalue weighted by atomic mass is 16.5. The van der Waals surface area contributed by atoms with E-state index in [-0.39, 0.29) is 0 Å². The number of para-hydroxylation sites is 1. The molecule has 1 aromatic carbocycles. The first-order valence-electron chi connectivity index (χ1n) is 7.10. The third-order valence-electron chi connectivity index (χ3n) is 3.32. The third kappa shape index (κ3) is 4.30. The summed E-state index contributed by atoms with van der Waals surface area (Å²) in [7, 11) is 1.79. The van der Waals surface area contributed by atoms with Crippen LogP contribution in [0.5, 0.6) is 5.75 Å². The van der Waals surface area contributed by atoms with Crippen LogP contribution in [-0.2, 0) is 0 Å². The van der Waals surface area contributed by atoms with E-state index in [2.05, 4.69) is 40.8 Å². The van der Waals surface area contributed by atoms with E-state index in [0.717, 1.165) is 36.7 Å². The molecule has 0 saturated carbocycles. The Morgan fingerprint density at radius 3 is 2.75 bits per heavy atom. The average molecular weight is 273 g/mol. The van der Waals surface area contributed by atoms with E-state index in [4.69, 9.17) is 4.74 Å². The van der Waals surface area contributed by atoms with Crippen molar-refractivity contribution >= 4 is 5.96 Å². The predicted octanol–water partition coefficient (Wildman–Crippen LogP) is 2.26. The second-order valence-corrected chi connectivity index (χ2v) is 4.90. The second kappa shape index (κ2) is 7.58. The Labute approximate surface area is 120 Å². The number of nitrogens with one attached hydrogen (secondary N) is 2. The molecule has 4 heteroatoms. The van der Waals surface area contributed by atoms with E-state index in [1.54, 1.807) is 7.05 Å². The van der Waals surface area contributed by atoms with Crippen LogP contribution in [0.2, 0.25) is 0 Å². The first kappa shape index (κ1) is 14.4. The highest BCUT2D eigenvalue weighted by Gasteiger charge is 2.11. The highest BCUT2D eigenvalue weighted by Crippen LogP contribution is 2.15. The molecule has 20 heavy (non-hydrogen) atoms. The lowest BCUT2D eigenvalue weighted by molar-refractivity contribution is 0.319. The maximum absolute atomic E-state index is 5.74. The molecule has 0 saturated heterocycles. The first-order valence-corrected chi connectivity index (χ1v) is 7.10. The molecular formula is C16H23N3O. The molecule has 1 aliphatic rings. The maximum atomic E-state index is 5.74. The molecule has 0 unspecified atom stereocenters. The fraction of sp³-hybridized carbons (Fsp3) is 0.438. The van der Waals surface area contributed by atoms with Gasteiger partial charge < -0.3 is 15.4 Å². The topological polar surface area (TPSA) is 45.7 Å². The van der Waals surface area contributed by atoms with Gasteiger partial charge in [-0.05, 0) is 31.4 Å². The summed E-state index contributed by atoms with van der Waals surface area (Å²) in [5.74, 6) is 1.78. The Hall–Kier alpha value is -1.97. The highest BCUT2D eigenvalue weighted by molar-refractivity contribution is 5.80. The molecule has 108 valence electrons. The SMILES string of the molecule is CN=C(NCCOc1ccccc1C)NC1CC=CC1. The van der Waals surface area contributed by atoms with Crippen LogP contribution in [-0.4, -0.2) is 32.2 Å². The minimum absolute atomic E-state index is 0.471. The van der Waals surface area contributed by atoms with Crippen molar-refractivity contribution in [3.05, 3.63) is 42.0 Å². The number of rotatable bonds is 5. The minimum atomic E-state index is 0.471. The molecule has 0 bridgehead atoms. The molecule has 0 radical (unpaired) electrons. The number of guanidine groups is 1. The third-order valence-corrected chi connectivity index (χ3v) is 3.32. The summed E-state index contributed by atoms with van der Waals surface area (Å²) in [6, 6.07) is 8.52. The van der Waals surface area contributed by atoms with E-state index in [0.29, 0.717) is 12.6 Å². The molecule has 2 N–H and O–H groups in total. The van der Waals surface area contributed by atoms with Crippen molar-refractivity contribution in [2.24, 2.45) is 4.99 Å². The van der Waals surface area contributed by atoms with Gasteiger partial charge in [-0.25, -0.2) is 0 Å². The monoisotopic (exact) mass is 273 g/mol. The van der Waals surface area contributed by atoms with Crippen molar-refractivity contribution in [2.45, 2.75) is 25.8 Å². The zero-order valence-electron chi connectivity index (χ0n) is 12.2. The van der Waals surface area contributed by atoms with Crippen LogP contribution >= 0.6 is 0 Å². The first-order chi connectivity index (χ1) is 9.79. The van der Waals surface area contributed by atoms with Crippen LogP contribution < -0.4 is 15.4 Å². The average Bonchev–Trinajstić information content (AvgIpc) is 2.97. The normalized spacial score (nSPS) is 15.4. The fourth-order valence-electron chi connectivity index (χ4n) is 2.17.